The fraction of sp³-hybridized carbons (Fsp3) is 0. The van der Waals surface area contributed by atoms with Gasteiger partial charge in [0.05, 0.1) is 16.7 Å². The van der Waals surface area contributed by atoms with Gasteiger partial charge >= 0.3 is 0 Å². The van der Waals surface area contributed by atoms with Crippen LogP contribution in [0.2, 0.25) is 0 Å². The molecule has 0 atom stereocenters. The van der Waals surface area contributed by atoms with Crippen LogP contribution in [0.5, 0.6) is 0 Å². The Morgan fingerprint density at radius 3 is 1.72 bits per heavy atom. The maximum absolute atomic E-state index is 6.72. The van der Waals surface area contributed by atoms with Gasteiger partial charge in [-0.15, -0.1) is 0 Å². The molecule has 0 N–H and O–H groups in total. The van der Waals surface area contributed by atoms with Crippen molar-refractivity contribution in [3.05, 3.63) is 194 Å². The van der Waals surface area contributed by atoms with Crippen LogP contribution in [-0.2, 0) is 0 Å². The molecule has 0 aliphatic heterocycles. The number of rotatable bonds is 4. The molecule has 0 aliphatic rings. The van der Waals surface area contributed by atoms with Crippen molar-refractivity contribution in [1.29, 1.82) is 0 Å². The number of hydrogen-bond acceptors (Lipinski definition) is 4. The van der Waals surface area contributed by atoms with E-state index in [2.05, 4.69) is 187 Å². The van der Waals surface area contributed by atoms with Gasteiger partial charge in [0.2, 0.25) is 0 Å². The topological polar surface area (TPSA) is 56.7 Å². The molecule has 0 fully saturated rings. The highest BCUT2D eigenvalue weighted by Gasteiger charge is 2.22. The van der Waals surface area contributed by atoms with Gasteiger partial charge in [0.1, 0.15) is 11.2 Å². The quantitative estimate of drug-likeness (QED) is 0.167. The zero-order chi connectivity index (χ0) is 39.3. The van der Waals surface area contributed by atoms with E-state index in [0.717, 1.165) is 71.5 Å². The molecular weight excluding hydrogens is 733 g/mol. The maximum Gasteiger partial charge on any atom is 0.164 e. The molecule has 0 amide bonds. The van der Waals surface area contributed by atoms with Crippen LogP contribution in [0.3, 0.4) is 0 Å². The number of furan rings is 1. The lowest BCUT2D eigenvalue weighted by Gasteiger charge is -2.13. The van der Waals surface area contributed by atoms with E-state index < -0.39 is 0 Å². The summed E-state index contributed by atoms with van der Waals surface area (Å²) in [5, 5.41) is 13.8. The van der Waals surface area contributed by atoms with Crippen LogP contribution in [-0.4, -0.2) is 19.5 Å². The van der Waals surface area contributed by atoms with Gasteiger partial charge in [-0.1, -0.05) is 146 Å². The second-order valence-electron chi connectivity index (χ2n) is 15.6. The van der Waals surface area contributed by atoms with E-state index in [0.29, 0.717) is 17.5 Å². The van der Waals surface area contributed by atoms with Crippen molar-refractivity contribution >= 4 is 86.8 Å². The Labute approximate surface area is 343 Å². The summed E-state index contributed by atoms with van der Waals surface area (Å²) in [7, 11) is 0. The third-order valence-electron chi connectivity index (χ3n) is 12.1. The zero-order valence-corrected chi connectivity index (χ0v) is 32.2. The highest BCUT2D eigenvalue weighted by Crippen LogP contribution is 2.42. The SMILES string of the molecule is c1ccc2cc(-c3nc(-c4ccc5c(ccc6ccccc65)c4)nc(-c4cc(-n5c6ccccc6c6cc7ccccc7cc65)cc5oc6ccccc6c45)n3)ccc2c1. The minimum atomic E-state index is 0.575. The molecule has 0 saturated carbocycles. The number of benzene rings is 10. The van der Waals surface area contributed by atoms with E-state index in [-0.39, 0.29) is 0 Å². The minimum Gasteiger partial charge on any atom is -0.456 e. The maximum atomic E-state index is 6.72. The first kappa shape index (κ1) is 32.9. The molecule has 0 saturated heterocycles. The van der Waals surface area contributed by atoms with Crippen molar-refractivity contribution in [3.63, 3.8) is 0 Å². The van der Waals surface area contributed by atoms with Gasteiger partial charge in [0.25, 0.3) is 0 Å². The molecule has 5 heteroatoms. The van der Waals surface area contributed by atoms with Crippen LogP contribution >= 0.6 is 0 Å². The van der Waals surface area contributed by atoms with E-state index in [1.165, 1.54) is 37.7 Å². The van der Waals surface area contributed by atoms with E-state index in [9.17, 15) is 0 Å². The summed E-state index contributed by atoms with van der Waals surface area (Å²) >= 11 is 0. The van der Waals surface area contributed by atoms with Gasteiger partial charge in [-0.3, -0.25) is 0 Å². The number of para-hydroxylation sites is 2. The summed E-state index contributed by atoms with van der Waals surface area (Å²) in [6, 6.07) is 68.7. The average molecular weight is 765 g/mol. The Balaban J connectivity index is 1.11. The van der Waals surface area contributed by atoms with Crippen molar-refractivity contribution in [2.45, 2.75) is 0 Å². The minimum absolute atomic E-state index is 0.575. The van der Waals surface area contributed by atoms with Crippen molar-refractivity contribution in [2.24, 2.45) is 0 Å². The summed E-state index contributed by atoms with van der Waals surface area (Å²) in [5.74, 6) is 1.79. The van der Waals surface area contributed by atoms with Gasteiger partial charge < -0.3 is 8.98 Å². The molecule has 0 bridgehead atoms. The Morgan fingerprint density at radius 2 is 0.900 bits per heavy atom. The second-order valence-corrected chi connectivity index (χ2v) is 15.6. The lowest BCUT2D eigenvalue weighted by atomic mass is 10.00. The highest BCUT2D eigenvalue weighted by atomic mass is 16.3. The normalized spacial score (nSPS) is 12.0. The molecule has 0 spiro atoms. The molecule has 10 aromatic carbocycles. The fourth-order valence-electron chi connectivity index (χ4n) is 9.31. The molecule has 3 aromatic heterocycles. The number of hydrogen-bond donors (Lipinski definition) is 0. The monoisotopic (exact) mass is 764 g/mol. The van der Waals surface area contributed by atoms with E-state index >= 15 is 0 Å². The largest absolute Gasteiger partial charge is 0.456 e. The molecule has 0 radical (unpaired) electrons. The third-order valence-corrected chi connectivity index (χ3v) is 12.1. The lowest BCUT2D eigenvalue weighted by Crippen LogP contribution is -2.02. The van der Waals surface area contributed by atoms with Gasteiger partial charge in [-0.2, -0.15) is 0 Å². The van der Waals surface area contributed by atoms with Gasteiger partial charge in [-0.25, -0.2) is 15.0 Å². The van der Waals surface area contributed by atoms with Crippen LogP contribution in [0.15, 0.2) is 199 Å². The first-order valence-electron chi connectivity index (χ1n) is 20.3. The van der Waals surface area contributed by atoms with E-state index in [1.54, 1.807) is 0 Å². The Morgan fingerprint density at radius 1 is 0.333 bits per heavy atom. The van der Waals surface area contributed by atoms with E-state index in [1.807, 2.05) is 12.1 Å². The summed E-state index contributed by atoms with van der Waals surface area (Å²) < 4.78 is 9.08. The molecule has 13 aromatic rings. The van der Waals surface area contributed by atoms with Crippen molar-refractivity contribution in [1.82, 2.24) is 19.5 Å². The van der Waals surface area contributed by atoms with Crippen LogP contribution in [0, 0.1) is 0 Å². The predicted octanol–water partition coefficient (Wildman–Crippen LogP) is 14.5. The van der Waals surface area contributed by atoms with Crippen LogP contribution < -0.4 is 0 Å². The summed E-state index contributed by atoms with van der Waals surface area (Å²) in [4.78, 5) is 16.0. The van der Waals surface area contributed by atoms with Crippen LogP contribution in [0.4, 0.5) is 0 Å². The van der Waals surface area contributed by atoms with Crippen LogP contribution in [0.25, 0.3) is 127 Å². The molecule has 60 heavy (non-hydrogen) atoms. The Kier molecular flexibility index (Phi) is 6.95. The fourth-order valence-corrected chi connectivity index (χ4v) is 9.31. The highest BCUT2D eigenvalue weighted by molar-refractivity contribution is 6.16. The number of aromatic nitrogens is 4. The molecule has 5 nitrogen and oxygen atoms in total. The van der Waals surface area contributed by atoms with Gasteiger partial charge in [0.15, 0.2) is 17.5 Å². The van der Waals surface area contributed by atoms with Crippen molar-refractivity contribution in [2.75, 3.05) is 0 Å². The van der Waals surface area contributed by atoms with Crippen molar-refractivity contribution < 1.29 is 4.42 Å². The van der Waals surface area contributed by atoms with Gasteiger partial charge in [-0.05, 0) is 85.6 Å². The number of nitrogens with zero attached hydrogens (tertiary/aromatic N) is 4. The molecule has 3 heterocycles. The second kappa shape index (κ2) is 12.7. The average Bonchev–Trinajstić information content (AvgIpc) is 3.85. The van der Waals surface area contributed by atoms with Gasteiger partial charge in [0, 0.05) is 44.3 Å². The molecule has 13 rings (SSSR count). The Hall–Kier alpha value is -8.15. The molecule has 0 unspecified atom stereocenters. The van der Waals surface area contributed by atoms with Crippen molar-refractivity contribution in [3.8, 4) is 39.9 Å². The van der Waals surface area contributed by atoms with Crippen LogP contribution in [0.1, 0.15) is 0 Å². The lowest BCUT2D eigenvalue weighted by molar-refractivity contribution is 0.668. The smallest absolute Gasteiger partial charge is 0.164 e. The first-order valence-corrected chi connectivity index (χ1v) is 20.3. The summed E-state index contributed by atoms with van der Waals surface area (Å²) in [6.07, 6.45) is 0. The standard InChI is InChI=1S/C55H32N4O/c1-2-13-35-27-39(24-21-33(35)11-1)53-56-54(40-25-26-43-38(28-40)23-22-34-12-5-6-16-42(34)43)58-55(57-53)47-31-41(32-51-52(47)45-18-8-10-20-50(45)60-51)59-48-19-9-7-17-44(48)46-29-36-14-3-4-15-37(36)30-49(46)59/h1-32H. The third kappa shape index (κ3) is 5.03. The first-order chi connectivity index (χ1) is 29.7. The summed E-state index contributed by atoms with van der Waals surface area (Å²) in [5.41, 5.74) is 7.48. The summed E-state index contributed by atoms with van der Waals surface area (Å²) in [6.45, 7) is 0. The zero-order valence-electron chi connectivity index (χ0n) is 32.2. The molecule has 278 valence electrons. The number of fused-ring (bicyclic) bond motifs is 11. The molecular formula is C55H32N4O. The predicted molar refractivity (Wildman–Crippen MR) is 248 cm³/mol. The molecule has 0 aliphatic carbocycles. The van der Waals surface area contributed by atoms with E-state index in [4.69, 9.17) is 19.4 Å². The Bertz CT molecular complexity index is 3910.